The summed E-state index contributed by atoms with van der Waals surface area (Å²) in [5, 5.41) is 3.21. The molecule has 148 valence electrons. The third-order valence-corrected chi connectivity index (χ3v) is 4.57. The minimum absolute atomic E-state index is 0. The van der Waals surface area contributed by atoms with Crippen molar-refractivity contribution in [1.82, 2.24) is 10.2 Å². The molecule has 3 N–H and O–H groups in total. The minimum atomic E-state index is 0. The van der Waals surface area contributed by atoms with Crippen LogP contribution in [-0.4, -0.2) is 56.7 Å². The molecule has 0 spiro atoms. The number of rotatable bonds is 8. The summed E-state index contributed by atoms with van der Waals surface area (Å²) in [6, 6.07) is 8.82. The van der Waals surface area contributed by atoms with E-state index in [4.69, 9.17) is 5.73 Å². The van der Waals surface area contributed by atoms with E-state index >= 15 is 0 Å². The zero-order chi connectivity index (χ0) is 18.1. The molecule has 1 aromatic carbocycles. The zero-order valence-corrected chi connectivity index (χ0v) is 18.9. The second-order valence-corrected chi connectivity index (χ2v) is 7.42. The number of nitrogens with zero attached hydrogens (tertiary/aromatic N) is 3. The van der Waals surface area contributed by atoms with Crippen molar-refractivity contribution in [2.24, 2.45) is 16.6 Å². The number of anilines is 1. The molecule has 5 nitrogen and oxygen atoms in total. The number of benzene rings is 1. The Balaban J connectivity index is 0.00000338. The van der Waals surface area contributed by atoms with Crippen molar-refractivity contribution >= 4 is 35.6 Å². The van der Waals surface area contributed by atoms with Gasteiger partial charge in [0.25, 0.3) is 0 Å². The Morgan fingerprint density at radius 2 is 1.92 bits per heavy atom. The molecule has 1 aliphatic heterocycles. The van der Waals surface area contributed by atoms with Crippen LogP contribution in [-0.2, 0) is 0 Å². The maximum absolute atomic E-state index is 5.85. The van der Waals surface area contributed by atoms with Gasteiger partial charge >= 0.3 is 0 Å². The van der Waals surface area contributed by atoms with Gasteiger partial charge in [0.15, 0.2) is 5.96 Å². The van der Waals surface area contributed by atoms with E-state index in [2.05, 4.69) is 65.1 Å². The predicted molar refractivity (Wildman–Crippen MR) is 124 cm³/mol. The molecular weight excluding hydrogens is 437 g/mol. The number of hydrogen-bond acceptors (Lipinski definition) is 3. The first-order chi connectivity index (χ1) is 12.0. The van der Waals surface area contributed by atoms with E-state index in [1.54, 1.807) is 0 Å². The second-order valence-electron chi connectivity index (χ2n) is 7.42. The molecule has 1 saturated heterocycles. The third-order valence-electron chi connectivity index (χ3n) is 4.57. The number of hydrogen-bond donors (Lipinski definition) is 2. The summed E-state index contributed by atoms with van der Waals surface area (Å²) in [6.45, 7) is 13.9. The Hall–Kier alpha value is -1.02. The Morgan fingerprint density at radius 3 is 2.58 bits per heavy atom. The largest absolute Gasteiger partial charge is 0.370 e. The van der Waals surface area contributed by atoms with Gasteiger partial charge in [-0.05, 0) is 49.9 Å². The zero-order valence-electron chi connectivity index (χ0n) is 16.6. The summed E-state index contributed by atoms with van der Waals surface area (Å²) in [5.74, 6) is 1.14. The maximum atomic E-state index is 5.85. The number of aryl methyl sites for hydroxylation is 1. The van der Waals surface area contributed by atoms with Crippen molar-refractivity contribution in [3.8, 4) is 0 Å². The first-order valence-corrected chi connectivity index (χ1v) is 9.62. The number of nitrogens with one attached hydrogen (secondary N) is 1. The second kappa shape index (κ2) is 12.4. The van der Waals surface area contributed by atoms with Crippen LogP contribution in [0.5, 0.6) is 0 Å². The van der Waals surface area contributed by atoms with E-state index in [-0.39, 0.29) is 24.0 Å². The molecule has 0 amide bonds. The molecule has 0 atom stereocenters. The average Bonchev–Trinajstić information content (AvgIpc) is 2.60. The van der Waals surface area contributed by atoms with Gasteiger partial charge in [-0.3, -0.25) is 9.89 Å². The van der Waals surface area contributed by atoms with Gasteiger partial charge in [-0.1, -0.05) is 26.0 Å². The quantitative estimate of drug-likeness (QED) is 0.264. The number of halogens is 1. The number of aliphatic imine (C=N–C) groups is 1. The van der Waals surface area contributed by atoms with Gasteiger partial charge in [-0.2, -0.15) is 0 Å². The van der Waals surface area contributed by atoms with Crippen LogP contribution in [0, 0.1) is 12.8 Å². The lowest BCUT2D eigenvalue weighted by molar-refractivity contribution is 0.253. The van der Waals surface area contributed by atoms with Crippen molar-refractivity contribution < 1.29 is 0 Å². The molecule has 1 aliphatic rings. The van der Waals surface area contributed by atoms with Crippen LogP contribution in [0.4, 0.5) is 5.69 Å². The number of unbranched alkanes of at least 4 members (excludes halogenated alkanes) is 1. The van der Waals surface area contributed by atoms with E-state index < -0.39 is 0 Å². The summed E-state index contributed by atoms with van der Waals surface area (Å²) in [4.78, 5) is 9.39. The van der Waals surface area contributed by atoms with Crippen molar-refractivity contribution in [3.05, 3.63) is 29.8 Å². The third kappa shape index (κ3) is 8.58. The molecular formula is C20H36IN5. The van der Waals surface area contributed by atoms with Crippen LogP contribution in [0.3, 0.4) is 0 Å². The number of piperazine rings is 1. The minimum Gasteiger partial charge on any atom is -0.370 e. The lowest BCUT2D eigenvalue weighted by Crippen LogP contribution is -2.46. The standard InChI is InChI=1S/C20H35N5.HI/c1-17(2)16-23-20(21)22-9-4-5-10-24-11-13-25(14-12-24)19-8-6-7-18(3)15-19;/h6-8,15,17H,4-5,9-14,16H2,1-3H3,(H3,21,22,23);1H. The normalized spacial score (nSPS) is 15.8. The number of nitrogens with two attached hydrogens (primary N) is 1. The summed E-state index contributed by atoms with van der Waals surface area (Å²) >= 11 is 0. The van der Waals surface area contributed by atoms with Gasteiger partial charge in [0, 0.05) is 45.0 Å². The van der Waals surface area contributed by atoms with Crippen molar-refractivity contribution in [2.75, 3.05) is 50.7 Å². The highest BCUT2D eigenvalue weighted by atomic mass is 127. The lowest BCUT2D eigenvalue weighted by atomic mass is 10.2. The average molecular weight is 473 g/mol. The maximum Gasteiger partial charge on any atom is 0.188 e. The van der Waals surface area contributed by atoms with Crippen LogP contribution in [0.1, 0.15) is 32.3 Å². The molecule has 0 aromatic heterocycles. The van der Waals surface area contributed by atoms with E-state index in [0.29, 0.717) is 11.9 Å². The molecule has 26 heavy (non-hydrogen) atoms. The first-order valence-electron chi connectivity index (χ1n) is 9.62. The van der Waals surface area contributed by atoms with Crippen molar-refractivity contribution in [1.29, 1.82) is 0 Å². The topological polar surface area (TPSA) is 56.9 Å². The van der Waals surface area contributed by atoms with Crippen LogP contribution < -0.4 is 16.0 Å². The smallest absolute Gasteiger partial charge is 0.188 e. The summed E-state index contributed by atoms with van der Waals surface area (Å²) in [5.41, 5.74) is 8.55. The molecule has 0 radical (unpaired) electrons. The van der Waals surface area contributed by atoms with E-state index in [1.165, 1.54) is 24.2 Å². The Labute approximate surface area is 176 Å². The van der Waals surface area contributed by atoms with Gasteiger partial charge in [0.2, 0.25) is 0 Å². The van der Waals surface area contributed by atoms with Crippen LogP contribution in [0.25, 0.3) is 0 Å². The van der Waals surface area contributed by atoms with E-state index in [0.717, 1.165) is 45.7 Å². The SMILES string of the molecule is Cc1cccc(N2CCN(CCCCNC(N)=NCC(C)C)CC2)c1.I. The predicted octanol–water partition coefficient (Wildman–Crippen LogP) is 3.08. The fraction of sp³-hybridized carbons (Fsp3) is 0.650. The molecule has 0 bridgehead atoms. The molecule has 6 heteroatoms. The van der Waals surface area contributed by atoms with Crippen LogP contribution in [0.2, 0.25) is 0 Å². The van der Waals surface area contributed by atoms with E-state index in [9.17, 15) is 0 Å². The molecule has 1 aromatic rings. The van der Waals surface area contributed by atoms with Crippen molar-refractivity contribution in [3.63, 3.8) is 0 Å². The fourth-order valence-electron chi connectivity index (χ4n) is 3.07. The Kier molecular flexibility index (Phi) is 11.0. The number of guanidine groups is 1. The highest BCUT2D eigenvalue weighted by Gasteiger charge is 2.16. The molecule has 1 fully saturated rings. The molecule has 1 heterocycles. The van der Waals surface area contributed by atoms with Gasteiger partial charge < -0.3 is 16.0 Å². The van der Waals surface area contributed by atoms with Gasteiger partial charge in [0.05, 0.1) is 0 Å². The molecule has 0 unspecified atom stereocenters. The van der Waals surface area contributed by atoms with Crippen LogP contribution >= 0.6 is 24.0 Å². The molecule has 0 aliphatic carbocycles. The van der Waals surface area contributed by atoms with Crippen LogP contribution in [0.15, 0.2) is 29.3 Å². The highest BCUT2D eigenvalue weighted by Crippen LogP contribution is 2.17. The molecule has 2 rings (SSSR count). The fourth-order valence-corrected chi connectivity index (χ4v) is 3.07. The monoisotopic (exact) mass is 473 g/mol. The summed E-state index contributed by atoms with van der Waals surface area (Å²) in [7, 11) is 0. The Morgan fingerprint density at radius 1 is 1.19 bits per heavy atom. The first kappa shape index (κ1) is 23.0. The van der Waals surface area contributed by atoms with Crippen molar-refractivity contribution in [2.45, 2.75) is 33.6 Å². The highest BCUT2D eigenvalue weighted by molar-refractivity contribution is 14.0. The summed E-state index contributed by atoms with van der Waals surface area (Å²) < 4.78 is 0. The van der Waals surface area contributed by atoms with Gasteiger partial charge in [-0.15, -0.1) is 24.0 Å². The van der Waals surface area contributed by atoms with E-state index in [1.807, 2.05) is 0 Å². The summed E-state index contributed by atoms with van der Waals surface area (Å²) in [6.07, 6.45) is 2.34. The van der Waals surface area contributed by atoms with Gasteiger partial charge in [-0.25, -0.2) is 0 Å². The van der Waals surface area contributed by atoms with Gasteiger partial charge in [0.1, 0.15) is 0 Å². The lowest BCUT2D eigenvalue weighted by Gasteiger charge is -2.36. The molecule has 0 saturated carbocycles. The Bertz CT molecular complexity index is 539.